The summed E-state index contributed by atoms with van der Waals surface area (Å²) in [7, 11) is 0. The minimum atomic E-state index is -0.281. The van der Waals surface area contributed by atoms with Gasteiger partial charge in [0.1, 0.15) is 5.82 Å². The average molecular weight is 460 g/mol. The van der Waals surface area contributed by atoms with Gasteiger partial charge in [-0.1, -0.05) is 5.16 Å². The van der Waals surface area contributed by atoms with Crippen molar-refractivity contribution in [2.45, 2.75) is 20.8 Å². The predicted octanol–water partition coefficient (Wildman–Crippen LogP) is 3.59. The Morgan fingerprint density at radius 3 is 2.59 bits per heavy atom. The van der Waals surface area contributed by atoms with E-state index >= 15 is 0 Å². The number of hydrogen-bond donors (Lipinski definition) is 2. The molecule has 34 heavy (non-hydrogen) atoms. The Morgan fingerprint density at radius 1 is 1.06 bits per heavy atom. The van der Waals surface area contributed by atoms with Crippen molar-refractivity contribution in [2.75, 3.05) is 36.5 Å². The van der Waals surface area contributed by atoms with Crippen LogP contribution in [-0.2, 0) is 4.74 Å². The molecule has 1 aliphatic rings. The lowest BCUT2D eigenvalue weighted by molar-refractivity contribution is 0.102. The monoisotopic (exact) mass is 459 g/mol. The van der Waals surface area contributed by atoms with Gasteiger partial charge < -0.3 is 24.5 Å². The van der Waals surface area contributed by atoms with Crippen molar-refractivity contribution in [1.82, 2.24) is 15.1 Å². The summed E-state index contributed by atoms with van der Waals surface area (Å²) in [6.45, 7) is 8.06. The number of benzene rings is 1. The standard InChI is InChI=1S/C25H25N5O4/c1-14-9-23(31)27-21-8-15(2)20(12-18(14)21)28-25(32)19-11-17(22-10-16(3)29-34-22)13-26-24(19)30-4-6-33-7-5-30/h8-13H,4-7H2,1-3H3,(H,27,31)(H,28,32). The van der Waals surface area contributed by atoms with Gasteiger partial charge in [0.25, 0.3) is 5.91 Å². The molecule has 1 amide bonds. The highest BCUT2D eigenvalue weighted by molar-refractivity contribution is 6.09. The van der Waals surface area contributed by atoms with E-state index < -0.39 is 0 Å². The molecule has 0 atom stereocenters. The van der Waals surface area contributed by atoms with Crippen LogP contribution in [0.1, 0.15) is 27.2 Å². The number of carbonyl (C=O) groups excluding carboxylic acids is 1. The summed E-state index contributed by atoms with van der Waals surface area (Å²) in [5, 5.41) is 7.87. The first-order valence-electron chi connectivity index (χ1n) is 11.1. The summed E-state index contributed by atoms with van der Waals surface area (Å²) in [6.07, 6.45) is 1.70. The SMILES string of the molecule is Cc1cc(-c2cnc(N3CCOCC3)c(C(=O)Nc3cc4c(C)cc(=O)[nH]c4cc3C)c2)on1. The number of hydrogen-bond acceptors (Lipinski definition) is 7. The number of anilines is 2. The first-order valence-corrected chi connectivity index (χ1v) is 11.1. The van der Waals surface area contributed by atoms with E-state index in [1.54, 1.807) is 18.3 Å². The highest BCUT2D eigenvalue weighted by Gasteiger charge is 2.23. The fourth-order valence-electron chi connectivity index (χ4n) is 4.19. The molecule has 9 heteroatoms. The summed E-state index contributed by atoms with van der Waals surface area (Å²) < 4.78 is 10.9. The van der Waals surface area contributed by atoms with Gasteiger partial charge in [0, 0.05) is 53.6 Å². The number of amides is 1. The number of morpholine rings is 1. The van der Waals surface area contributed by atoms with Gasteiger partial charge in [-0.05, 0) is 50.1 Å². The van der Waals surface area contributed by atoms with Crippen molar-refractivity contribution in [3.05, 3.63) is 69.3 Å². The third kappa shape index (κ3) is 4.17. The van der Waals surface area contributed by atoms with E-state index in [-0.39, 0.29) is 11.5 Å². The van der Waals surface area contributed by atoms with Crippen LogP contribution in [0, 0.1) is 20.8 Å². The van der Waals surface area contributed by atoms with Crippen LogP contribution in [-0.4, -0.2) is 47.3 Å². The number of nitrogens with one attached hydrogen (secondary N) is 2. The van der Waals surface area contributed by atoms with Crippen LogP contribution >= 0.6 is 0 Å². The van der Waals surface area contributed by atoms with Gasteiger partial charge in [-0.2, -0.15) is 0 Å². The molecular weight excluding hydrogens is 434 g/mol. The van der Waals surface area contributed by atoms with Gasteiger partial charge in [-0.25, -0.2) is 4.98 Å². The van der Waals surface area contributed by atoms with E-state index in [1.165, 1.54) is 0 Å². The number of pyridine rings is 2. The van der Waals surface area contributed by atoms with E-state index in [9.17, 15) is 9.59 Å². The molecule has 0 spiro atoms. The minimum absolute atomic E-state index is 0.151. The molecule has 1 saturated heterocycles. The molecule has 0 saturated carbocycles. The lowest BCUT2D eigenvalue weighted by Crippen LogP contribution is -2.38. The van der Waals surface area contributed by atoms with Crippen LogP contribution in [0.5, 0.6) is 0 Å². The molecular formula is C25H25N5O4. The van der Waals surface area contributed by atoms with Gasteiger partial charge in [0.2, 0.25) is 5.56 Å². The maximum atomic E-state index is 13.6. The Bertz CT molecular complexity index is 1450. The number of aromatic nitrogens is 3. The summed E-state index contributed by atoms with van der Waals surface area (Å²) in [5.41, 5.74) is 4.79. The Kier molecular flexibility index (Phi) is 5.62. The normalized spacial score (nSPS) is 13.9. The quantitative estimate of drug-likeness (QED) is 0.479. The Morgan fingerprint density at radius 2 is 1.85 bits per heavy atom. The first kappa shape index (κ1) is 21.8. The second-order valence-electron chi connectivity index (χ2n) is 8.51. The summed E-state index contributed by atoms with van der Waals surface area (Å²) in [6, 6.07) is 8.90. The largest absolute Gasteiger partial charge is 0.378 e. The molecule has 4 aromatic rings. The Balaban J connectivity index is 1.55. The minimum Gasteiger partial charge on any atom is -0.378 e. The summed E-state index contributed by atoms with van der Waals surface area (Å²) in [5.74, 6) is 0.866. The third-order valence-electron chi connectivity index (χ3n) is 5.98. The predicted molar refractivity (Wildman–Crippen MR) is 129 cm³/mol. The zero-order valence-corrected chi connectivity index (χ0v) is 19.3. The van der Waals surface area contributed by atoms with Crippen LogP contribution in [0.15, 0.2) is 45.8 Å². The summed E-state index contributed by atoms with van der Waals surface area (Å²) in [4.78, 5) is 35.0. The van der Waals surface area contributed by atoms with Gasteiger partial charge in [-0.3, -0.25) is 9.59 Å². The number of fused-ring (bicyclic) bond motifs is 1. The van der Waals surface area contributed by atoms with E-state index in [4.69, 9.17) is 9.26 Å². The number of ether oxygens (including phenoxy) is 1. The Labute approximate surface area is 195 Å². The number of carbonyl (C=O) groups is 1. The topological polar surface area (TPSA) is 113 Å². The van der Waals surface area contributed by atoms with Gasteiger partial charge in [0.15, 0.2) is 5.76 Å². The zero-order chi connectivity index (χ0) is 23.8. The average Bonchev–Trinajstić information content (AvgIpc) is 3.26. The molecule has 174 valence electrons. The highest BCUT2D eigenvalue weighted by atomic mass is 16.5. The van der Waals surface area contributed by atoms with Crippen molar-refractivity contribution in [3.8, 4) is 11.3 Å². The highest BCUT2D eigenvalue weighted by Crippen LogP contribution is 2.29. The number of rotatable bonds is 4. The fourth-order valence-corrected chi connectivity index (χ4v) is 4.19. The molecule has 0 radical (unpaired) electrons. The molecule has 0 unspecified atom stereocenters. The van der Waals surface area contributed by atoms with Crippen LogP contribution < -0.4 is 15.8 Å². The molecule has 9 nitrogen and oxygen atoms in total. The van der Waals surface area contributed by atoms with Crippen LogP contribution in [0.2, 0.25) is 0 Å². The van der Waals surface area contributed by atoms with Crippen LogP contribution in [0.25, 0.3) is 22.2 Å². The molecule has 5 rings (SSSR count). The van der Waals surface area contributed by atoms with E-state index in [0.29, 0.717) is 54.7 Å². The molecule has 0 bridgehead atoms. The summed E-state index contributed by atoms with van der Waals surface area (Å²) >= 11 is 0. The fraction of sp³-hybridized carbons (Fsp3) is 0.280. The molecule has 4 heterocycles. The van der Waals surface area contributed by atoms with Gasteiger partial charge in [-0.15, -0.1) is 0 Å². The maximum absolute atomic E-state index is 13.6. The maximum Gasteiger partial charge on any atom is 0.259 e. The lowest BCUT2D eigenvalue weighted by Gasteiger charge is -2.29. The van der Waals surface area contributed by atoms with Crippen molar-refractivity contribution >= 4 is 28.3 Å². The van der Waals surface area contributed by atoms with E-state index in [1.807, 2.05) is 39.0 Å². The van der Waals surface area contributed by atoms with Crippen molar-refractivity contribution < 1.29 is 14.1 Å². The number of H-pyrrole nitrogens is 1. The van der Waals surface area contributed by atoms with Crippen LogP contribution in [0.3, 0.4) is 0 Å². The molecule has 1 fully saturated rings. The number of aryl methyl sites for hydroxylation is 3. The van der Waals surface area contributed by atoms with E-state index in [0.717, 1.165) is 27.7 Å². The lowest BCUT2D eigenvalue weighted by atomic mass is 10.1. The van der Waals surface area contributed by atoms with Crippen molar-refractivity contribution in [3.63, 3.8) is 0 Å². The van der Waals surface area contributed by atoms with Crippen LogP contribution in [0.4, 0.5) is 11.5 Å². The molecule has 3 aromatic heterocycles. The second-order valence-corrected chi connectivity index (χ2v) is 8.51. The van der Waals surface area contributed by atoms with Gasteiger partial charge >= 0.3 is 0 Å². The number of aromatic amines is 1. The molecule has 2 N–H and O–H groups in total. The smallest absolute Gasteiger partial charge is 0.259 e. The van der Waals surface area contributed by atoms with Crippen molar-refractivity contribution in [1.29, 1.82) is 0 Å². The zero-order valence-electron chi connectivity index (χ0n) is 19.3. The molecule has 1 aromatic carbocycles. The molecule has 0 aliphatic carbocycles. The Hall–Kier alpha value is -3.98. The van der Waals surface area contributed by atoms with Gasteiger partial charge in [0.05, 0.1) is 24.5 Å². The third-order valence-corrected chi connectivity index (χ3v) is 5.98. The molecule has 1 aliphatic heterocycles. The number of nitrogens with zero attached hydrogens (tertiary/aromatic N) is 3. The van der Waals surface area contributed by atoms with Crippen molar-refractivity contribution in [2.24, 2.45) is 0 Å². The first-order chi connectivity index (χ1) is 16.4. The van der Waals surface area contributed by atoms with E-state index in [2.05, 4.69) is 25.3 Å². The second kappa shape index (κ2) is 8.75.